The Kier molecular flexibility index (Phi) is 8.73. The lowest BCUT2D eigenvalue weighted by Crippen LogP contribution is -2.39. The molecule has 1 saturated heterocycles. The van der Waals surface area contributed by atoms with Gasteiger partial charge < -0.3 is 15.0 Å². The van der Waals surface area contributed by atoms with E-state index >= 15 is 0 Å². The van der Waals surface area contributed by atoms with Crippen LogP contribution in [0.4, 0.5) is 0 Å². The molecule has 5 heteroatoms. The standard InChI is InChI=1S/C21H32N2O2.ClH/c1-22-13-10-17-11-14-23(15-12-17)21(24)18-6-5-9-20(16-18)25-19-7-3-2-4-8-19;/h5-6,9,16-17,19,22H,2-4,7-8,10-15H2,1H3;1H. The van der Waals surface area contributed by atoms with Crippen molar-refractivity contribution in [2.24, 2.45) is 5.92 Å². The Balaban J connectivity index is 0.00000243. The maximum atomic E-state index is 12.8. The molecule has 2 aliphatic rings. The number of carbonyl (C=O) groups is 1. The summed E-state index contributed by atoms with van der Waals surface area (Å²) in [6, 6.07) is 7.79. The zero-order chi connectivity index (χ0) is 17.5. The van der Waals surface area contributed by atoms with Crippen molar-refractivity contribution < 1.29 is 9.53 Å². The average Bonchev–Trinajstić information content (AvgIpc) is 2.67. The van der Waals surface area contributed by atoms with Crippen LogP contribution in [0.3, 0.4) is 0 Å². The minimum atomic E-state index is 0. The van der Waals surface area contributed by atoms with E-state index in [-0.39, 0.29) is 18.3 Å². The largest absolute Gasteiger partial charge is 0.490 e. The quantitative estimate of drug-likeness (QED) is 0.800. The van der Waals surface area contributed by atoms with Gasteiger partial charge in [-0.25, -0.2) is 0 Å². The molecule has 3 rings (SSSR count). The van der Waals surface area contributed by atoms with Gasteiger partial charge in [0.1, 0.15) is 5.75 Å². The maximum absolute atomic E-state index is 12.8. The van der Waals surface area contributed by atoms with E-state index in [1.54, 1.807) is 0 Å². The first-order valence-electron chi connectivity index (χ1n) is 9.97. The summed E-state index contributed by atoms with van der Waals surface area (Å²) in [5, 5.41) is 3.22. The summed E-state index contributed by atoms with van der Waals surface area (Å²) in [4.78, 5) is 14.8. The van der Waals surface area contributed by atoms with E-state index in [4.69, 9.17) is 4.74 Å². The first kappa shape index (κ1) is 21.0. The van der Waals surface area contributed by atoms with Crippen molar-refractivity contribution in [2.45, 2.75) is 57.5 Å². The molecule has 0 radical (unpaired) electrons. The predicted molar refractivity (Wildman–Crippen MR) is 108 cm³/mol. The SMILES string of the molecule is CNCCC1CCN(C(=O)c2cccc(OC3CCCCC3)c2)CC1.Cl. The number of nitrogens with one attached hydrogen (secondary N) is 1. The van der Waals surface area contributed by atoms with Gasteiger partial charge >= 0.3 is 0 Å². The van der Waals surface area contributed by atoms with E-state index in [1.165, 1.54) is 25.7 Å². The van der Waals surface area contributed by atoms with E-state index in [2.05, 4.69) is 5.32 Å². The molecule has 1 heterocycles. The topological polar surface area (TPSA) is 41.6 Å². The third kappa shape index (κ3) is 5.88. The van der Waals surface area contributed by atoms with E-state index in [0.29, 0.717) is 6.10 Å². The highest BCUT2D eigenvalue weighted by atomic mass is 35.5. The summed E-state index contributed by atoms with van der Waals surface area (Å²) in [6.45, 7) is 2.82. The van der Waals surface area contributed by atoms with Crippen molar-refractivity contribution >= 4 is 18.3 Å². The first-order valence-corrected chi connectivity index (χ1v) is 9.97. The number of hydrogen-bond acceptors (Lipinski definition) is 3. The van der Waals surface area contributed by atoms with Crippen LogP contribution in [0.1, 0.15) is 61.7 Å². The van der Waals surface area contributed by atoms with Crippen LogP contribution in [-0.2, 0) is 0 Å². The number of nitrogens with zero attached hydrogens (tertiary/aromatic N) is 1. The molecule has 0 spiro atoms. The van der Waals surface area contributed by atoms with Crippen molar-refractivity contribution in [3.05, 3.63) is 29.8 Å². The number of halogens is 1. The Hall–Kier alpha value is -1.26. The van der Waals surface area contributed by atoms with Gasteiger partial charge in [0.25, 0.3) is 5.91 Å². The molecule has 1 N–H and O–H groups in total. The lowest BCUT2D eigenvalue weighted by molar-refractivity contribution is 0.0686. The average molecular weight is 381 g/mol. The molecule has 26 heavy (non-hydrogen) atoms. The van der Waals surface area contributed by atoms with E-state index < -0.39 is 0 Å². The number of benzene rings is 1. The van der Waals surface area contributed by atoms with Gasteiger partial charge in [0.2, 0.25) is 0 Å². The third-order valence-electron chi connectivity index (χ3n) is 5.64. The van der Waals surface area contributed by atoms with Crippen LogP contribution in [0.2, 0.25) is 0 Å². The molecule has 1 aromatic rings. The van der Waals surface area contributed by atoms with Crippen LogP contribution in [0, 0.1) is 5.92 Å². The Morgan fingerprint density at radius 1 is 1.15 bits per heavy atom. The summed E-state index contributed by atoms with van der Waals surface area (Å²) in [6.07, 6.45) is 9.87. The highest BCUT2D eigenvalue weighted by Crippen LogP contribution is 2.25. The van der Waals surface area contributed by atoms with Crippen LogP contribution in [0.15, 0.2) is 24.3 Å². The summed E-state index contributed by atoms with van der Waals surface area (Å²) in [5.41, 5.74) is 0.766. The molecule has 0 bridgehead atoms. The van der Waals surface area contributed by atoms with Gasteiger partial charge in [0.05, 0.1) is 6.10 Å². The molecule has 1 aromatic carbocycles. The van der Waals surface area contributed by atoms with Crippen LogP contribution >= 0.6 is 12.4 Å². The van der Waals surface area contributed by atoms with Gasteiger partial charge in [-0.2, -0.15) is 0 Å². The molecule has 1 aliphatic carbocycles. The molecule has 2 fully saturated rings. The third-order valence-corrected chi connectivity index (χ3v) is 5.64. The number of amides is 1. The minimum Gasteiger partial charge on any atom is -0.490 e. The number of hydrogen-bond donors (Lipinski definition) is 1. The fraction of sp³-hybridized carbons (Fsp3) is 0.667. The molecule has 1 amide bonds. The number of carbonyl (C=O) groups excluding carboxylic acids is 1. The van der Waals surface area contributed by atoms with E-state index in [1.807, 2.05) is 36.2 Å². The lowest BCUT2D eigenvalue weighted by atomic mass is 9.93. The number of likely N-dealkylation sites (tertiary alicyclic amines) is 1. The monoisotopic (exact) mass is 380 g/mol. The van der Waals surface area contributed by atoms with Gasteiger partial charge in [-0.15, -0.1) is 12.4 Å². The number of piperidine rings is 1. The molecular formula is C21H33ClN2O2. The fourth-order valence-electron chi connectivity index (χ4n) is 4.03. The summed E-state index contributed by atoms with van der Waals surface area (Å²) >= 11 is 0. The van der Waals surface area contributed by atoms with Crippen molar-refractivity contribution in [1.29, 1.82) is 0 Å². The number of ether oxygens (including phenoxy) is 1. The lowest BCUT2D eigenvalue weighted by Gasteiger charge is -2.32. The Morgan fingerprint density at radius 2 is 1.88 bits per heavy atom. The van der Waals surface area contributed by atoms with E-state index in [0.717, 1.165) is 62.5 Å². The molecule has 1 saturated carbocycles. The molecule has 0 atom stereocenters. The van der Waals surface area contributed by atoms with Gasteiger partial charge in [-0.05, 0) is 82.7 Å². The minimum absolute atomic E-state index is 0. The fourth-order valence-corrected chi connectivity index (χ4v) is 4.03. The highest BCUT2D eigenvalue weighted by Gasteiger charge is 2.24. The normalized spacial score (nSPS) is 19.0. The Morgan fingerprint density at radius 3 is 2.58 bits per heavy atom. The number of rotatable bonds is 6. The van der Waals surface area contributed by atoms with Gasteiger partial charge in [-0.3, -0.25) is 4.79 Å². The smallest absolute Gasteiger partial charge is 0.253 e. The van der Waals surface area contributed by atoms with Crippen LogP contribution in [-0.4, -0.2) is 43.6 Å². The second kappa shape index (κ2) is 10.8. The molecular weight excluding hydrogens is 348 g/mol. The van der Waals surface area contributed by atoms with Crippen LogP contribution < -0.4 is 10.1 Å². The van der Waals surface area contributed by atoms with E-state index in [9.17, 15) is 4.79 Å². The highest BCUT2D eigenvalue weighted by molar-refractivity contribution is 5.94. The van der Waals surface area contributed by atoms with Crippen LogP contribution in [0.25, 0.3) is 0 Å². The van der Waals surface area contributed by atoms with Gasteiger partial charge in [-0.1, -0.05) is 12.5 Å². The maximum Gasteiger partial charge on any atom is 0.253 e. The van der Waals surface area contributed by atoms with Crippen molar-refractivity contribution in [2.75, 3.05) is 26.7 Å². The summed E-state index contributed by atoms with van der Waals surface area (Å²) < 4.78 is 6.12. The zero-order valence-electron chi connectivity index (χ0n) is 15.9. The molecule has 4 nitrogen and oxygen atoms in total. The second-order valence-corrected chi connectivity index (χ2v) is 7.53. The molecule has 0 unspecified atom stereocenters. The predicted octanol–water partition coefficient (Wildman–Crippen LogP) is 4.28. The van der Waals surface area contributed by atoms with Crippen molar-refractivity contribution in [1.82, 2.24) is 10.2 Å². The zero-order valence-corrected chi connectivity index (χ0v) is 16.7. The summed E-state index contributed by atoms with van der Waals surface area (Å²) in [7, 11) is 2.00. The molecule has 1 aliphatic heterocycles. The van der Waals surface area contributed by atoms with Gasteiger partial charge in [0, 0.05) is 18.7 Å². The summed E-state index contributed by atoms with van der Waals surface area (Å²) in [5.74, 6) is 1.75. The Bertz CT molecular complexity index is 553. The molecule has 0 aromatic heterocycles. The van der Waals surface area contributed by atoms with Crippen molar-refractivity contribution in [3.63, 3.8) is 0 Å². The van der Waals surface area contributed by atoms with Crippen molar-refractivity contribution in [3.8, 4) is 5.75 Å². The second-order valence-electron chi connectivity index (χ2n) is 7.53. The molecule has 146 valence electrons. The first-order chi connectivity index (χ1) is 12.3. The van der Waals surface area contributed by atoms with Gasteiger partial charge in [0.15, 0.2) is 0 Å². The van der Waals surface area contributed by atoms with Crippen LogP contribution in [0.5, 0.6) is 5.75 Å². The Labute approximate surface area is 164 Å².